The Labute approximate surface area is 69.2 Å². The summed E-state index contributed by atoms with van der Waals surface area (Å²) in [5.74, 6) is 0. The average molecular weight is 163 g/mol. The Bertz CT molecular complexity index is 310. The Hall–Kier alpha value is -1.76. The van der Waals surface area contributed by atoms with E-state index < -0.39 is 6.08 Å². The van der Waals surface area contributed by atoms with Gasteiger partial charge in [-0.15, -0.1) is 0 Å². The SMILES string of the molecule is N#CCC=Cc1cnc(F)nc1. The maximum Gasteiger partial charge on any atom is 0.308 e. The van der Waals surface area contributed by atoms with Crippen molar-refractivity contribution in [3.05, 3.63) is 30.1 Å². The number of nitriles is 1. The van der Waals surface area contributed by atoms with Gasteiger partial charge in [0.15, 0.2) is 0 Å². The summed E-state index contributed by atoms with van der Waals surface area (Å²) in [5, 5.41) is 8.20. The molecule has 4 heteroatoms. The lowest BCUT2D eigenvalue weighted by Gasteiger charge is -1.88. The van der Waals surface area contributed by atoms with E-state index in [9.17, 15) is 4.39 Å². The quantitative estimate of drug-likeness (QED) is 0.621. The summed E-state index contributed by atoms with van der Waals surface area (Å²) in [5.41, 5.74) is 0.687. The van der Waals surface area contributed by atoms with Gasteiger partial charge in [-0.2, -0.15) is 9.65 Å². The fourth-order valence-electron chi connectivity index (χ4n) is 0.656. The fraction of sp³-hybridized carbons (Fsp3) is 0.125. The molecule has 1 aromatic heterocycles. The first-order valence-corrected chi connectivity index (χ1v) is 3.34. The van der Waals surface area contributed by atoms with E-state index in [4.69, 9.17) is 5.26 Å². The summed E-state index contributed by atoms with van der Waals surface area (Å²) in [6, 6.07) is 1.95. The number of rotatable bonds is 2. The second-order valence-corrected chi connectivity index (χ2v) is 2.05. The van der Waals surface area contributed by atoms with E-state index in [1.54, 1.807) is 12.2 Å². The third-order valence-electron chi connectivity index (χ3n) is 1.16. The van der Waals surface area contributed by atoms with Gasteiger partial charge in [0.1, 0.15) is 0 Å². The van der Waals surface area contributed by atoms with Gasteiger partial charge < -0.3 is 0 Å². The first-order valence-electron chi connectivity index (χ1n) is 3.34. The molecule has 0 unspecified atom stereocenters. The van der Waals surface area contributed by atoms with Crippen LogP contribution in [0.15, 0.2) is 18.5 Å². The van der Waals surface area contributed by atoms with E-state index in [-0.39, 0.29) is 0 Å². The molecule has 3 nitrogen and oxygen atoms in total. The highest BCUT2D eigenvalue weighted by Gasteiger charge is 1.90. The molecule has 0 amide bonds. The van der Waals surface area contributed by atoms with Crippen LogP contribution in [0.2, 0.25) is 0 Å². The average Bonchev–Trinajstić information content (AvgIpc) is 2.09. The Morgan fingerprint density at radius 1 is 1.50 bits per heavy atom. The summed E-state index contributed by atoms with van der Waals surface area (Å²) < 4.78 is 12.2. The maximum atomic E-state index is 12.2. The second kappa shape index (κ2) is 4.19. The minimum absolute atomic E-state index is 0.331. The summed E-state index contributed by atoms with van der Waals surface area (Å²) in [6.07, 6.45) is 5.63. The van der Waals surface area contributed by atoms with Crippen LogP contribution in [0.25, 0.3) is 6.08 Å². The van der Waals surface area contributed by atoms with Gasteiger partial charge in [0, 0.05) is 18.0 Å². The lowest BCUT2D eigenvalue weighted by Crippen LogP contribution is -1.87. The van der Waals surface area contributed by atoms with Crippen LogP contribution in [0.4, 0.5) is 4.39 Å². The highest BCUT2D eigenvalue weighted by molar-refractivity contribution is 5.46. The molecule has 0 N–H and O–H groups in total. The molecule has 0 saturated carbocycles. The van der Waals surface area contributed by atoms with Crippen molar-refractivity contribution in [3.63, 3.8) is 0 Å². The molecular formula is C8H6FN3. The van der Waals surface area contributed by atoms with Crippen LogP contribution in [-0.2, 0) is 0 Å². The Morgan fingerprint density at radius 2 is 2.17 bits per heavy atom. The van der Waals surface area contributed by atoms with Crippen molar-refractivity contribution in [1.82, 2.24) is 9.97 Å². The zero-order valence-electron chi connectivity index (χ0n) is 6.24. The molecule has 0 saturated heterocycles. The highest BCUT2D eigenvalue weighted by Crippen LogP contribution is 1.98. The minimum Gasteiger partial charge on any atom is -0.210 e. The van der Waals surface area contributed by atoms with Crippen LogP contribution < -0.4 is 0 Å². The van der Waals surface area contributed by atoms with Crippen molar-refractivity contribution in [2.75, 3.05) is 0 Å². The first-order chi connectivity index (χ1) is 5.83. The fourth-order valence-corrected chi connectivity index (χ4v) is 0.656. The molecule has 0 aliphatic heterocycles. The summed E-state index contributed by atoms with van der Waals surface area (Å²) in [4.78, 5) is 6.69. The van der Waals surface area contributed by atoms with Crippen molar-refractivity contribution in [2.24, 2.45) is 0 Å². The summed E-state index contributed by atoms with van der Waals surface area (Å²) in [6.45, 7) is 0. The van der Waals surface area contributed by atoms with Crippen LogP contribution in [0.3, 0.4) is 0 Å². The van der Waals surface area contributed by atoms with E-state index in [1.165, 1.54) is 12.4 Å². The van der Waals surface area contributed by atoms with Crippen LogP contribution in [0.5, 0.6) is 0 Å². The third kappa shape index (κ3) is 2.46. The Balaban J connectivity index is 2.66. The Morgan fingerprint density at radius 3 is 2.75 bits per heavy atom. The minimum atomic E-state index is -0.743. The number of allylic oxidation sites excluding steroid dienone is 1. The van der Waals surface area contributed by atoms with Gasteiger partial charge in [0.2, 0.25) is 0 Å². The molecule has 0 atom stereocenters. The number of aromatic nitrogens is 2. The van der Waals surface area contributed by atoms with Crippen LogP contribution in [0.1, 0.15) is 12.0 Å². The van der Waals surface area contributed by atoms with Crippen molar-refractivity contribution in [2.45, 2.75) is 6.42 Å². The molecule has 1 rings (SSSR count). The topological polar surface area (TPSA) is 49.6 Å². The van der Waals surface area contributed by atoms with Gasteiger partial charge in [0.05, 0.1) is 12.5 Å². The number of halogens is 1. The van der Waals surface area contributed by atoms with Gasteiger partial charge in [-0.05, 0) is 0 Å². The van der Waals surface area contributed by atoms with Crippen LogP contribution >= 0.6 is 0 Å². The van der Waals surface area contributed by atoms with E-state index in [0.717, 1.165) is 0 Å². The van der Waals surface area contributed by atoms with E-state index in [2.05, 4.69) is 9.97 Å². The summed E-state index contributed by atoms with van der Waals surface area (Å²) in [7, 11) is 0. The molecule has 0 bridgehead atoms. The number of hydrogen-bond donors (Lipinski definition) is 0. The largest absolute Gasteiger partial charge is 0.308 e. The Kier molecular flexibility index (Phi) is 2.91. The molecule has 0 aliphatic rings. The van der Waals surface area contributed by atoms with Crippen molar-refractivity contribution < 1.29 is 4.39 Å². The molecule has 12 heavy (non-hydrogen) atoms. The van der Waals surface area contributed by atoms with Crippen LogP contribution in [-0.4, -0.2) is 9.97 Å². The lowest BCUT2D eigenvalue weighted by atomic mass is 10.3. The molecule has 0 aromatic carbocycles. The first kappa shape index (κ1) is 8.34. The molecule has 0 radical (unpaired) electrons. The molecule has 60 valence electrons. The zero-order chi connectivity index (χ0) is 8.81. The second-order valence-electron chi connectivity index (χ2n) is 2.05. The molecule has 0 aliphatic carbocycles. The van der Waals surface area contributed by atoms with Gasteiger partial charge >= 0.3 is 6.08 Å². The summed E-state index contributed by atoms with van der Waals surface area (Å²) >= 11 is 0. The molecule has 0 spiro atoms. The number of nitrogens with zero attached hydrogens (tertiary/aromatic N) is 3. The predicted molar refractivity (Wildman–Crippen MR) is 41.3 cm³/mol. The molecule has 1 aromatic rings. The molecule has 1 heterocycles. The highest BCUT2D eigenvalue weighted by atomic mass is 19.1. The third-order valence-corrected chi connectivity index (χ3v) is 1.16. The zero-order valence-corrected chi connectivity index (χ0v) is 6.24. The molecule has 0 fully saturated rings. The van der Waals surface area contributed by atoms with E-state index in [0.29, 0.717) is 12.0 Å². The molecular weight excluding hydrogens is 157 g/mol. The normalized spacial score (nSPS) is 10.0. The number of hydrogen-bond acceptors (Lipinski definition) is 3. The lowest BCUT2D eigenvalue weighted by molar-refractivity contribution is 0.538. The monoisotopic (exact) mass is 163 g/mol. The van der Waals surface area contributed by atoms with E-state index in [1.807, 2.05) is 6.07 Å². The van der Waals surface area contributed by atoms with Gasteiger partial charge in [-0.1, -0.05) is 12.2 Å². The van der Waals surface area contributed by atoms with Gasteiger partial charge in [0.25, 0.3) is 0 Å². The van der Waals surface area contributed by atoms with Crippen molar-refractivity contribution >= 4 is 6.08 Å². The van der Waals surface area contributed by atoms with Gasteiger partial charge in [-0.25, -0.2) is 9.97 Å². The van der Waals surface area contributed by atoms with Crippen molar-refractivity contribution in [3.8, 4) is 6.07 Å². The smallest absolute Gasteiger partial charge is 0.210 e. The van der Waals surface area contributed by atoms with Gasteiger partial charge in [-0.3, -0.25) is 0 Å². The predicted octanol–water partition coefficient (Wildman–Crippen LogP) is 1.54. The standard InChI is InChI=1S/C8H6FN3/c9-8-11-5-7(6-12-8)3-1-2-4-10/h1,3,5-6H,2H2. The maximum absolute atomic E-state index is 12.2. The van der Waals surface area contributed by atoms with Crippen molar-refractivity contribution in [1.29, 1.82) is 5.26 Å². The van der Waals surface area contributed by atoms with E-state index >= 15 is 0 Å². The van der Waals surface area contributed by atoms with Crippen LogP contribution in [0, 0.1) is 17.4 Å².